The van der Waals surface area contributed by atoms with E-state index in [0.29, 0.717) is 37.3 Å². The summed E-state index contributed by atoms with van der Waals surface area (Å²) < 4.78 is 10.9. The summed E-state index contributed by atoms with van der Waals surface area (Å²) in [5, 5.41) is 11.0. The summed E-state index contributed by atoms with van der Waals surface area (Å²) >= 11 is 0. The van der Waals surface area contributed by atoms with Gasteiger partial charge in [0.05, 0.1) is 6.54 Å². The molecule has 2 bridgehead atoms. The fraction of sp³-hybridized carbons (Fsp3) is 0.533. The van der Waals surface area contributed by atoms with Gasteiger partial charge >= 0.3 is 0 Å². The van der Waals surface area contributed by atoms with E-state index in [1.165, 1.54) is 11.8 Å². The highest BCUT2D eigenvalue weighted by molar-refractivity contribution is 5.98. The summed E-state index contributed by atoms with van der Waals surface area (Å²) in [6.45, 7) is 7.84. The Kier molecular flexibility index (Phi) is 10.4. The maximum Gasteiger partial charge on any atom is 0.274 e. The number of carbonyl (C=O) groups excluding carboxylic acids is 5. The van der Waals surface area contributed by atoms with E-state index in [2.05, 4.69) is 26.3 Å². The lowest BCUT2D eigenvalue weighted by Gasteiger charge is -2.30. The van der Waals surface area contributed by atoms with Crippen molar-refractivity contribution in [3.8, 4) is 5.75 Å². The smallest absolute Gasteiger partial charge is 0.274 e. The second-order valence-electron chi connectivity index (χ2n) is 11.4. The average Bonchev–Trinajstić information content (AvgIpc) is 3.63. The normalized spacial score (nSPS) is 24.1. The molecule has 4 atom stereocenters. The number of hydrogen-bond acceptors (Lipinski definition) is 8. The summed E-state index contributed by atoms with van der Waals surface area (Å²) in [7, 11) is 0. The quantitative estimate of drug-likeness (QED) is 0.402. The van der Waals surface area contributed by atoms with Crippen LogP contribution in [0.5, 0.6) is 5.75 Å². The Balaban J connectivity index is 1.59. The molecule has 1 fully saturated rings. The number of nitrogens with one attached hydrogen (secondary N) is 4. The van der Waals surface area contributed by atoms with Gasteiger partial charge in [-0.2, -0.15) is 0 Å². The standard InChI is InChI=1S/C30H40N6O7/c1-17(2)14-23-30(41)36-12-5-6-24(36)28(39)31-11-13-42-21-9-7-20(8-10-21)15-22(27(38)33-18(3)26(37)35-23)34-29(40)25-19(4)43-16-32-25/h7-10,16-18,22-24H,5-6,11-15H2,1-4H3,(H,31,39)(H,33,38)(H,34,40)(H,35,37)/t18-,22+,23+,24-/m1/s1. The van der Waals surface area contributed by atoms with Crippen molar-refractivity contribution >= 4 is 29.5 Å². The maximum atomic E-state index is 13.6. The zero-order valence-electron chi connectivity index (χ0n) is 25.0. The van der Waals surface area contributed by atoms with E-state index in [1.807, 2.05) is 13.8 Å². The fourth-order valence-corrected chi connectivity index (χ4v) is 5.25. The van der Waals surface area contributed by atoms with Crippen molar-refractivity contribution in [2.24, 2.45) is 5.92 Å². The molecule has 232 valence electrons. The van der Waals surface area contributed by atoms with E-state index in [9.17, 15) is 24.0 Å². The molecule has 0 aliphatic carbocycles. The third-order valence-electron chi connectivity index (χ3n) is 7.53. The van der Waals surface area contributed by atoms with Crippen LogP contribution in [0.25, 0.3) is 0 Å². The van der Waals surface area contributed by atoms with Crippen molar-refractivity contribution in [2.45, 2.75) is 77.5 Å². The van der Waals surface area contributed by atoms with Gasteiger partial charge in [-0.25, -0.2) is 4.98 Å². The monoisotopic (exact) mass is 596 g/mol. The summed E-state index contributed by atoms with van der Waals surface area (Å²) in [5.74, 6) is -1.40. The minimum atomic E-state index is -1.05. The minimum Gasteiger partial charge on any atom is -0.492 e. The van der Waals surface area contributed by atoms with Crippen LogP contribution in [-0.2, 0) is 25.6 Å². The van der Waals surface area contributed by atoms with Crippen molar-refractivity contribution < 1.29 is 33.1 Å². The second-order valence-corrected chi connectivity index (χ2v) is 11.4. The van der Waals surface area contributed by atoms with E-state index in [4.69, 9.17) is 9.15 Å². The first kappa shape index (κ1) is 31.5. The summed E-state index contributed by atoms with van der Waals surface area (Å²) in [4.78, 5) is 71.8. The van der Waals surface area contributed by atoms with Crippen molar-refractivity contribution in [3.63, 3.8) is 0 Å². The molecule has 1 aromatic carbocycles. The van der Waals surface area contributed by atoms with Crippen LogP contribution in [0.3, 0.4) is 0 Å². The van der Waals surface area contributed by atoms with E-state index in [-0.39, 0.29) is 43.0 Å². The van der Waals surface area contributed by atoms with Crippen molar-refractivity contribution in [2.75, 3.05) is 19.7 Å². The molecule has 0 radical (unpaired) electrons. The van der Waals surface area contributed by atoms with Crippen LogP contribution in [0.1, 0.15) is 61.8 Å². The molecular formula is C30H40N6O7. The molecule has 0 unspecified atom stereocenters. The Morgan fingerprint density at radius 3 is 2.51 bits per heavy atom. The number of amides is 5. The molecule has 1 aromatic heterocycles. The van der Waals surface area contributed by atoms with Gasteiger partial charge in [-0.05, 0) is 56.7 Å². The third-order valence-corrected chi connectivity index (χ3v) is 7.53. The van der Waals surface area contributed by atoms with Gasteiger partial charge < -0.3 is 35.3 Å². The van der Waals surface area contributed by atoms with Crippen LogP contribution >= 0.6 is 0 Å². The van der Waals surface area contributed by atoms with Crippen LogP contribution in [0.4, 0.5) is 0 Å². The Morgan fingerprint density at radius 2 is 1.84 bits per heavy atom. The van der Waals surface area contributed by atoms with E-state index in [0.717, 1.165) is 12.0 Å². The first-order valence-corrected chi connectivity index (χ1v) is 14.6. The van der Waals surface area contributed by atoms with Crippen LogP contribution in [0.2, 0.25) is 0 Å². The number of ether oxygens (including phenoxy) is 1. The fourth-order valence-electron chi connectivity index (χ4n) is 5.25. The molecule has 4 N–H and O–H groups in total. The molecule has 0 spiro atoms. The van der Waals surface area contributed by atoms with E-state index in [1.54, 1.807) is 31.2 Å². The molecule has 5 amide bonds. The number of hydrogen-bond donors (Lipinski definition) is 4. The first-order valence-electron chi connectivity index (χ1n) is 14.6. The Hall–Kier alpha value is -4.42. The van der Waals surface area contributed by atoms with Gasteiger partial charge in [0, 0.05) is 13.0 Å². The molecule has 13 nitrogen and oxygen atoms in total. The second kappa shape index (κ2) is 14.2. The molecule has 3 aliphatic heterocycles. The number of nitrogens with zero attached hydrogens (tertiary/aromatic N) is 2. The third kappa shape index (κ3) is 8.11. The van der Waals surface area contributed by atoms with Crippen LogP contribution in [-0.4, -0.2) is 83.3 Å². The van der Waals surface area contributed by atoms with Gasteiger partial charge in [-0.3, -0.25) is 24.0 Å². The number of fused-ring (bicyclic) bond motifs is 14. The molecule has 13 heteroatoms. The molecular weight excluding hydrogens is 556 g/mol. The predicted octanol–water partition coefficient (Wildman–Crippen LogP) is 0.859. The molecule has 43 heavy (non-hydrogen) atoms. The maximum absolute atomic E-state index is 13.6. The molecule has 0 saturated carbocycles. The minimum absolute atomic E-state index is 0.0520. The van der Waals surface area contributed by atoms with Crippen molar-refractivity contribution in [3.05, 3.63) is 47.7 Å². The molecule has 3 aliphatic rings. The SMILES string of the molecule is Cc1ocnc1C(=O)N[C@H]1Cc2ccc(cc2)OCCNC(=O)[C@H]2CCCN2C(=O)[C@H](CC(C)C)NC(=O)[C@@H](C)NC1=O. The van der Waals surface area contributed by atoms with Gasteiger partial charge in [-0.15, -0.1) is 0 Å². The lowest BCUT2D eigenvalue weighted by atomic mass is 10.0. The Morgan fingerprint density at radius 1 is 1.09 bits per heavy atom. The van der Waals surface area contributed by atoms with Gasteiger partial charge in [-0.1, -0.05) is 26.0 Å². The highest BCUT2D eigenvalue weighted by atomic mass is 16.5. The largest absolute Gasteiger partial charge is 0.492 e. The topological polar surface area (TPSA) is 172 Å². The lowest BCUT2D eigenvalue weighted by molar-refractivity contribution is -0.142. The number of aryl methyl sites for hydroxylation is 1. The van der Waals surface area contributed by atoms with Gasteiger partial charge in [0.25, 0.3) is 5.91 Å². The molecule has 1 saturated heterocycles. The molecule has 2 aromatic rings. The molecule has 4 heterocycles. The number of carbonyl (C=O) groups is 5. The average molecular weight is 597 g/mol. The lowest BCUT2D eigenvalue weighted by Crippen LogP contribution is -2.58. The number of benzene rings is 1. The number of oxazole rings is 1. The zero-order chi connectivity index (χ0) is 31.1. The highest BCUT2D eigenvalue weighted by Crippen LogP contribution is 2.21. The summed E-state index contributed by atoms with van der Waals surface area (Å²) in [6.07, 6.45) is 2.81. The summed E-state index contributed by atoms with van der Waals surface area (Å²) in [5.41, 5.74) is 0.782. The van der Waals surface area contributed by atoms with E-state index >= 15 is 0 Å². The Labute approximate surface area is 250 Å². The number of aromatic nitrogens is 1. The van der Waals surface area contributed by atoms with Gasteiger partial charge in [0.15, 0.2) is 12.1 Å². The van der Waals surface area contributed by atoms with E-state index < -0.39 is 41.9 Å². The zero-order valence-corrected chi connectivity index (χ0v) is 25.0. The van der Waals surface area contributed by atoms with Crippen LogP contribution in [0, 0.1) is 12.8 Å². The van der Waals surface area contributed by atoms with Gasteiger partial charge in [0.1, 0.15) is 42.3 Å². The summed E-state index contributed by atoms with van der Waals surface area (Å²) in [6, 6.07) is 3.42. The van der Waals surface area contributed by atoms with Crippen molar-refractivity contribution in [1.29, 1.82) is 0 Å². The van der Waals surface area contributed by atoms with Crippen LogP contribution in [0.15, 0.2) is 35.1 Å². The predicted molar refractivity (Wildman–Crippen MR) is 155 cm³/mol. The first-order chi connectivity index (χ1) is 20.5. The van der Waals surface area contributed by atoms with Crippen LogP contribution < -0.4 is 26.0 Å². The van der Waals surface area contributed by atoms with Crippen molar-refractivity contribution in [1.82, 2.24) is 31.2 Å². The molecule has 5 rings (SSSR count). The Bertz CT molecular complexity index is 1320. The van der Waals surface area contributed by atoms with Gasteiger partial charge in [0.2, 0.25) is 23.6 Å². The highest BCUT2D eigenvalue weighted by Gasteiger charge is 2.38. The number of rotatable bonds is 4.